The molecule has 15 heavy (non-hydrogen) atoms. The second kappa shape index (κ2) is 5.47. The average Bonchev–Trinajstić information content (AvgIpc) is 2.63. The van der Waals surface area contributed by atoms with Crippen molar-refractivity contribution in [1.82, 2.24) is 9.80 Å². The van der Waals surface area contributed by atoms with Crippen LogP contribution in [0.1, 0.15) is 26.7 Å². The summed E-state index contributed by atoms with van der Waals surface area (Å²) in [5.74, 6) is 0.0398. The molecule has 0 bridgehead atoms. The third-order valence-electron chi connectivity index (χ3n) is 3.16. The van der Waals surface area contributed by atoms with E-state index >= 15 is 0 Å². The second-order valence-corrected chi connectivity index (χ2v) is 4.43. The molecule has 1 aliphatic rings. The highest BCUT2D eigenvalue weighted by molar-refractivity contribution is 5.80. The van der Waals surface area contributed by atoms with E-state index in [1.165, 1.54) is 19.4 Å². The smallest absolute Gasteiger partial charge is 0.238 e. The van der Waals surface area contributed by atoms with Gasteiger partial charge in [-0.05, 0) is 32.9 Å². The Hall–Kier alpha value is -0.610. The number of amides is 1. The highest BCUT2D eigenvalue weighted by atomic mass is 16.2. The van der Waals surface area contributed by atoms with Crippen molar-refractivity contribution < 1.29 is 4.79 Å². The fourth-order valence-corrected chi connectivity index (χ4v) is 2.27. The topological polar surface area (TPSA) is 49.6 Å². The second-order valence-electron chi connectivity index (χ2n) is 4.43. The normalized spacial score (nSPS) is 24.1. The summed E-state index contributed by atoms with van der Waals surface area (Å²) in [7, 11) is 1.85. The Balaban J connectivity index is 2.43. The Kier molecular flexibility index (Phi) is 4.54. The number of carbonyl (C=O) groups excluding carboxylic acids is 1. The highest BCUT2D eigenvalue weighted by Crippen LogP contribution is 2.17. The summed E-state index contributed by atoms with van der Waals surface area (Å²) in [4.78, 5) is 15.8. The van der Waals surface area contributed by atoms with Crippen molar-refractivity contribution in [3.05, 3.63) is 0 Å². The van der Waals surface area contributed by atoms with E-state index in [0.29, 0.717) is 6.04 Å². The number of nitrogens with zero attached hydrogens (tertiary/aromatic N) is 2. The van der Waals surface area contributed by atoms with Gasteiger partial charge in [-0.3, -0.25) is 9.69 Å². The molecule has 1 fully saturated rings. The van der Waals surface area contributed by atoms with E-state index in [9.17, 15) is 4.79 Å². The average molecular weight is 213 g/mol. The van der Waals surface area contributed by atoms with Gasteiger partial charge in [-0.2, -0.15) is 0 Å². The van der Waals surface area contributed by atoms with Crippen LogP contribution in [0.4, 0.5) is 0 Å². The molecule has 88 valence electrons. The quantitative estimate of drug-likeness (QED) is 0.729. The lowest BCUT2D eigenvalue weighted by atomic mass is 10.2. The first-order valence-corrected chi connectivity index (χ1v) is 5.80. The molecule has 0 saturated carbocycles. The molecule has 0 aromatic rings. The van der Waals surface area contributed by atoms with E-state index in [0.717, 1.165) is 13.1 Å². The Labute approximate surface area is 92.4 Å². The van der Waals surface area contributed by atoms with E-state index in [4.69, 9.17) is 5.73 Å². The summed E-state index contributed by atoms with van der Waals surface area (Å²) in [6, 6.07) is 0.147. The van der Waals surface area contributed by atoms with Gasteiger partial charge in [0.15, 0.2) is 0 Å². The van der Waals surface area contributed by atoms with E-state index < -0.39 is 0 Å². The first-order valence-electron chi connectivity index (χ1n) is 5.80. The lowest BCUT2D eigenvalue weighted by Gasteiger charge is -2.28. The third kappa shape index (κ3) is 3.18. The minimum absolute atomic E-state index is 0.0398. The first-order chi connectivity index (χ1) is 7.06. The van der Waals surface area contributed by atoms with Crippen LogP contribution in [-0.4, -0.2) is 54.5 Å². The molecule has 1 heterocycles. The standard InChI is InChI=1S/C11H23N3O/c1-4-14-7-5-6-10(14)8-13(3)11(15)9(2)12/h9-10H,4-8,12H2,1-3H3/t9-,10?/m0/s1. The van der Waals surface area contributed by atoms with Crippen LogP contribution in [0.3, 0.4) is 0 Å². The summed E-state index contributed by atoms with van der Waals surface area (Å²) in [6.45, 7) is 6.97. The van der Waals surface area contributed by atoms with Crippen LogP contribution in [0.15, 0.2) is 0 Å². The predicted molar refractivity (Wildman–Crippen MR) is 61.6 cm³/mol. The van der Waals surface area contributed by atoms with Crippen molar-refractivity contribution in [3.63, 3.8) is 0 Å². The van der Waals surface area contributed by atoms with Gasteiger partial charge in [-0.1, -0.05) is 6.92 Å². The predicted octanol–water partition coefficient (Wildman–Crippen LogP) is 0.276. The molecule has 0 radical (unpaired) electrons. The van der Waals surface area contributed by atoms with Crippen LogP contribution in [0, 0.1) is 0 Å². The van der Waals surface area contributed by atoms with Crippen molar-refractivity contribution in [2.24, 2.45) is 5.73 Å². The minimum atomic E-state index is -0.383. The number of hydrogen-bond donors (Lipinski definition) is 1. The molecular weight excluding hydrogens is 190 g/mol. The molecule has 0 aromatic heterocycles. The molecule has 1 amide bonds. The SMILES string of the molecule is CCN1CCCC1CN(C)C(=O)[C@H](C)N. The van der Waals surface area contributed by atoms with Crippen molar-refractivity contribution in [3.8, 4) is 0 Å². The zero-order chi connectivity index (χ0) is 11.4. The molecule has 0 aromatic carbocycles. The number of likely N-dealkylation sites (N-methyl/N-ethyl adjacent to an activating group) is 2. The number of nitrogens with two attached hydrogens (primary N) is 1. The maximum atomic E-state index is 11.6. The van der Waals surface area contributed by atoms with Gasteiger partial charge >= 0.3 is 0 Å². The van der Waals surface area contributed by atoms with E-state index in [-0.39, 0.29) is 11.9 Å². The van der Waals surface area contributed by atoms with Gasteiger partial charge in [-0.15, -0.1) is 0 Å². The maximum absolute atomic E-state index is 11.6. The Morgan fingerprint density at radius 2 is 2.33 bits per heavy atom. The van der Waals surface area contributed by atoms with Crippen LogP contribution >= 0.6 is 0 Å². The fourth-order valence-electron chi connectivity index (χ4n) is 2.27. The molecule has 4 heteroatoms. The van der Waals surface area contributed by atoms with Gasteiger partial charge < -0.3 is 10.6 Å². The van der Waals surface area contributed by atoms with E-state index in [2.05, 4.69) is 11.8 Å². The number of hydrogen-bond acceptors (Lipinski definition) is 3. The van der Waals surface area contributed by atoms with Crippen LogP contribution < -0.4 is 5.73 Å². The Morgan fingerprint density at radius 1 is 1.67 bits per heavy atom. The van der Waals surface area contributed by atoms with Crippen LogP contribution in [0.5, 0.6) is 0 Å². The van der Waals surface area contributed by atoms with Gasteiger partial charge in [0, 0.05) is 19.6 Å². The van der Waals surface area contributed by atoms with E-state index in [1.807, 2.05) is 7.05 Å². The largest absolute Gasteiger partial charge is 0.343 e. The molecule has 0 spiro atoms. The van der Waals surface area contributed by atoms with Gasteiger partial charge in [-0.25, -0.2) is 0 Å². The third-order valence-corrected chi connectivity index (χ3v) is 3.16. The zero-order valence-electron chi connectivity index (χ0n) is 10.1. The van der Waals surface area contributed by atoms with Gasteiger partial charge in [0.25, 0.3) is 0 Å². The number of carbonyl (C=O) groups is 1. The van der Waals surface area contributed by atoms with Gasteiger partial charge in [0.05, 0.1) is 6.04 Å². The Morgan fingerprint density at radius 3 is 2.87 bits per heavy atom. The molecule has 1 rings (SSSR count). The van der Waals surface area contributed by atoms with Crippen LogP contribution in [0.25, 0.3) is 0 Å². The van der Waals surface area contributed by atoms with Gasteiger partial charge in [0.1, 0.15) is 0 Å². The van der Waals surface area contributed by atoms with Crippen molar-refractivity contribution >= 4 is 5.91 Å². The van der Waals surface area contributed by atoms with Crippen LogP contribution in [0.2, 0.25) is 0 Å². The van der Waals surface area contributed by atoms with Gasteiger partial charge in [0.2, 0.25) is 5.91 Å². The monoisotopic (exact) mass is 213 g/mol. The molecule has 1 saturated heterocycles. The summed E-state index contributed by atoms with van der Waals surface area (Å²) in [5, 5.41) is 0. The lowest BCUT2D eigenvalue weighted by molar-refractivity contribution is -0.131. The molecule has 1 unspecified atom stereocenters. The first kappa shape index (κ1) is 12.5. The minimum Gasteiger partial charge on any atom is -0.343 e. The zero-order valence-corrected chi connectivity index (χ0v) is 10.1. The summed E-state index contributed by atoms with van der Waals surface area (Å²) in [6.07, 6.45) is 2.45. The van der Waals surface area contributed by atoms with Crippen LogP contribution in [-0.2, 0) is 4.79 Å². The maximum Gasteiger partial charge on any atom is 0.238 e. The number of likely N-dealkylation sites (tertiary alicyclic amines) is 1. The molecular formula is C11H23N3O. The summed E-state index contributed by atoms with van der Waals surface area (Å²) in [5.41, 5.74) is 5.57. The van der Waals surface area contributed by atoms with E-state index in [1.54, 1.807) is 11.8 Å². The molecule has 4 nitrogen and oxygen atoms in total. The van der Waals surface area contributed by atoms with Crippen molar-refractivity contribution in [1.29, 1.82) is 0 Å². The molecule has 0 aliphatic carbocycles. The summed E-state index contributed by atoms with van der Waals surface area (Å²) >= 11 is 0. The van der Waals surface area contributed by atoms with Crippen molar-refractivity contribution in [2.75, 3.05) is 26.7 Å². The fraction of sp³-hybridized carbons (Fsp3) is 0.909. The lowest BCUT2D eigenvalue weighted by Crippen LogP contribution is -2.46. The van der Waals surface area contributed by atoms with Crippen molar-refractivity contribution in [2.45, 2.75) is 38.8 Å². The molecule has 2 N–H and O–H groups in total. The highest BCUT2D eigenvalue weighted by Gasteiger charge is 2.26. The molecule has 1 aliphatic heterocycles. The Bertz CT molecular complexity index is 218. The summed E-state index contributed by atoms with van der Waals surface area (Å²) < 4.78 is 0. The number of rotatable bonds is 4. The molecule has 2 atom stereocenters.